The molecule has 0 unspecified atom stereocenters. The lowest BCUT2D eigenvalue weighted by molar-refractivity contribution is 0.268. The number of methoxy groups -OCH3 is 2. The Morgan fingerprint density at radius 2 is 1.86 bits per heavy atom. The SMILES string of the molecule is CCC[C@@H](CO)Nc1nc(C)nc2ccn(Cc3c(OC)cccc3OC)c12. The minimum atomic E-state index is -0.0494. The van der Waals surface area contributed by atoms with Crippen LogP contribution >= 0.6 is 0 Å². The Bertz CT molecular complexity index is 917. The molecule has 0 bridgehead atoms. The van der Waals surface area contributed by atoms with Gasteiger partial charge in [-0.1, -0.05) is 19.4 Å². The van der Waals surface area contributed by atoms with Crippen LogP contribution in [-0.4, -0.2) is 46.5 Å². The minimum absolute atomic E-state index is 0.0494. The molecule has 0 spiro atoms. The molecule has 0 fully saturated rings. The van der Waals surface area contributed by atoms with E-state index in [-0.39, 0.29) is 12.6 Å². The van der Waals surface area contributed by atoms with Crippen molar-refractivity contribution >= 4 is 16.9 Å². The van der Waals surface area contributed by atoms with E-state index < -0.39 is 0 Å². The largest absolute Gasteiger partial charge is 0.496 e. The van der Waals surface area contributed by atoms with Gasteiger partial charge in [0.2, 0.25) is 0 Å². The van der Waals surface area contributed by atoms with Crippen LogP contribution in [0.2, 0.25) is 0 Å². The highest BCUT2D eigenvalue weighted by molar-refractivity contribution is 5.87. The molecule has 0 aliphatic rings. The molecule has 0 radical (unpaired) electrons. The van der Waals surface area contributed by atoms with Crippen LogP contribution < -0.4 is 14.8 Å². The highest BCUT2D eigenvalue weighted by atomic mass is 16.5. The molecule has 28 heavy (non-hydrogen) atoms. The minimum Gasteiger partial charge on any atom is -0.496 e. The Hall–Kier alpha value is -2.80. The molecule has 2 aromatic heterocycles. The van der Waals surface area contributed by atoms with Gasteiger partial charge in [-0.3, -0.25) is 0 Å². The number of aliphatic hydroxyl groups excluding tert-OH is 1. The van der Waals surface area contributed by atoms with Crippen molar-refractivity contribution in [1.82, 2.24) is 14.5 Å². The van der Waals surface area contributed by atoms with Crippen LogP contribution in [-0.2, 0) is 6.54 Å². The van der Waals surface area contributed by atoms with Crippen molar-refractivity contribution in [3.05, 3.63) is 41.9 Å². The summed E-state index contributed by atoms with van der Waals surface area (Å²) in [5.41, 5.74) is 2.70. The summed E-state index contributed by atoms with van der Waals surface area (Å²) in [6, 6.07) is 7.68. The van der Waals surface area contributed by atoms with Crippen molar-refractivity contribution in [3.8, 4) is 11.5 Å². The molecule has 0 aliphatic carbocycles. The van der Waals surface area contributed by atoms with Crippen molar-refractivity contribution in [3.63, 3.8) is 0 Å². The Morgan fingerprint density at radius 1 is 1.14 bits per heavy atom. The average Bonchev–Trinajstić information content (AvgIpc) is 3.10. The summed E-state index contributed by atoms with van der Waals surface area (Å²) >= 11 is 0. The fourth-order valence-electron chi connectivity index (χ4n) is 3.46. The second-order valence-corrected chi connectivity index (χ2v) is 6.75. The molecule has 3 aromatic rings. The summed E-state index contributed by atoms with van der Waals surface area (Å²) in [6.45, 7) is 4.58. The van der Waals surface area contributed by atoms with Gasteiger partial charge < -0.3 is 24.5 Å². The summed E-state index contributed by atoms with van der Waals surface area (Å²) in [6.07, 6.45) is 3.83. The van der Waals surface area contributed by atoms with E-state index >= 15 is 0 Å². The zero-order valence-corrected chi connectivity index (χ0v) is 16.9. The normalized spacial score (nSPS) is 12.2. The van der Waals surface area contributed by atoms with Gasteiger partial charge in [0.15, 0.2) is 5.82 Å². The zero-order chi connectivity index (χ0) is 20.1. The molecule has 3 rings (SSSR count). The van der Waals surface area contributed by atoms with E-state index in [0.717, 1.165) is 46.8 Å². The maximum Gasteiger partial charge on any atom is 0.154 e. The lowest BCUT2D eigenvalue weighted by atomic mass is 10.1. The number of aliphatic hydroxyl groups is 1. The predicted octanol–water partition coefficient (Wildman–Crippen LogP) is 3.38. The van der Waals surface area contributed by atoms with Gasteiger partial charge in [-0.2, -0.15) is 0 Å². The molecular formula is C21H28N4O3. The number of nitrogens with zero attached hydrogens (tertiary/aromatic N) is 3. The quantitative estimate of drug-likeness (QED) is 0.589. The molecule has 7 heteroatoms. The number of aryl methyl sites for hydroxylation is 1. The number of hydrogen-bond acceptors (Lipinski definition) is 6. The molecule has 2 N–H and O–H groups in total. The van der Waals surface area contributed by atoms with Crippen LogP contribution in [0.15, 0.2) is 30.5 Å². The van der Waals surface area contributed by atoms with E-state index in [1.807, 2.05) is 37.4 Å². The van der Waals surface area contributed by atoms with Gasteiger partial charge in [0.05, 0.1) is 44.5 Å². The van der Waals surface area contributed by atoms with E-state index in [4.69, 9.17) is 9.47 Å². The predicted molar refractivity (Wildman–Crippen MR) is 110 cm³/mol. The van der Waals surface area contributed by atoms with Gasteiger partial charge in [-0.05, 0) is 31.5 Å². The fourth-order valence-corrected chi connectivity index (χ4v) is 3.46. The van der Waals surface area contributed by atoms with Crippen molar-refractivity contribution in [2.75, 3.05) is 26.1 Å². The van der Waals surface area contributed by atoms with Crippen molar-refractivity contribution in [2.24, 2.45) is 0 Å². The molecule has 2 heterocycles. The summed E-state index contributed by atoms with van der Waals surface area (Å²) in [5.74, 6) is 2.95. The third-order valence-electron chi connectivity index (χ3n) is 4.78. The highest BCUT2D eigenvalue weighted by Crippen LogP contribution is 2.31. The first-order chi connectivity index (χ1) is 13.6. The third kappa shape index (κ3) is 4.04. The monoisotopic (exact) mass is 384 g/mol. The molecule has 0 saturated heterocycles. The van der Waals surface area contributed by atoms with E-state index in [0.29, 0.717) is 12.4 Å². The molecule has 0 amide bonds. The maximum absolute atomic E-state index is 9.71. The first-order valence-corrected chi connectivity index (χ1v) is 9.52. The Balaban J connectivity index is 2.06. The smallest absolute Gasteiger partial charge is 0.154 e. The van der Waals surface area contributed by atoms with Crippen LogP contribution in [0.3, 0.4) is 0 Å². The van der Waals surface area contributed by atoms with Crippen molar-refractivity contribution in [2.45, 2.75) is 39.3 Å². The number of anilines is 1. The zero-order valence-electron chi connectivity index (χ0n) is 16.9. The van der Waals surface area contributed by atoms with E-state index in [1.165, 1.54) is 0 Å². The summed E-state index contributed by atoms with van der Waals surface area (Å²) < 4.78 is 13.2. The topological polar surface area (TPSA) is 81.4 Å². The third-order valence-corrected chi connectivity index (χ3v) is 4.78. The molecule has 1 atom stereocenters. The first kappa shape index (κ1) is 19.9. The van der Waals surface area contributed by atoms with E-state index in [1.54, 1.807) is 14.2 Å². The van der Waals surface area contributed by atoms with Gasteiger partial charge in [-0.15, -0.1) is 0 Å². The molecule has 7 nitrogen and oxygen atoms in total. The van der Waals surface area contributed by atoms with E-state index in [9.17, 15) is 5.11 Å². The van der Waals surface area contributed by atoms with Crippen LogP contribution in [0, 0.1) is 6.92 Å². The van der Waals surface area contributed by atoms with Crippen LogP contribution in [0.5, 0.6) is 11.5 Å². The summed E-state index contributed by atoms with van der Waals surface area (Å²) in [4.78, 5) is 9.18. The van der Waals surface area contributed by atoms with Gasteiger partial charge in [0, 0.05) is 6.20 Å². The highest BCUT2D eigenvalue weighted by Gasteiger charge is 2.17. The van der Waals surface area contributed by atoms with Gasteiger partial charge in [0.1, 0.15) is 22.8 Å². The number of nitrogens with one attached hydrogen (secondary N) is 1. The van der Waals surface area contributed by atoms with Crippen LogP contribution in [0.1, 0.15) is 31.2 Å². The van der Waals surface area contributed by atoms with Gasteiger partial charge in [-0.25, -0.2) is 9.97 Å². The number of hydrogen-bond donors (Lipinski definition) is 2. The number of fused-ring (bicyclic) bond motifs is 1. The average molecular weight is 384 g/mol. The van der Waals surface area contributed by atoms with Gasteiger partial charge in [0.25, 0.3) is 0 Å². The van der Waals surface area contributed by atoms with E-state index in [2.05, 4.69) is 26.8 Å². The molecular weight excluding hydrogens is 356 g/mol. The number of ether oxygens (including phenoxy) is 2. The maximum atomic E-state index is 9.71. The van der Waals surface area contributed by atoms with Gasteiger partial charge >= 0.3 is 0 Å². The number of aromatic nitrogens is 3. The number of rotatable bonds is 9. The van der Waals surface area contributed by atoms with Crippen molar-refractivity contribution < 1.29 is 14.6 Å². The molecule has 150 valence electrons. The fraction of sp³-hybridized carbons (Fsp3) is 0.429. The molecule has 0 aliphatic heterocycles. The standard InChI is InChI=1S/C21H28N4O3/c1-5-7-15(13-26)24-21-20-17(22-14(2)23-21)10-11-25(20)12-16-18(27-3)8-6-9-19(16)28-4/h6,8-11,15,26H,5,7,12-13H2,1-4H3,(H,22,23,24)/t15-/m0/s1. The lowest BCUT2D eigenvalue weighted by Crippen LogP contribution is -2.24. The first-order valence-electron chi connectivity index (χ1n) is 9.52. The summed E-state index contributed by atoms with van der Waals surface area (Å²) in [5, 5.41) is 13.1. The molecule has 0 saturated carbocycles. The Labute approximate surface area is 165 Å². The Kier molecular flexibility index (Phi) is 6.36. The van der Waals surface area contributed by atoms with Crippen LogP contribution in [0.4, 0.5) is 5.82 Å². The van der Waals surface area contributed by atoms with Crippen molar-refractivity contribution in [1.29, 1.82) is 0 Å². The second-order valence-electron chi connectivity index (χ2n) is 6.75. The Morgan fingerprint density at radius 3 is 2.46 bits per heavy atom. The molecule has 1 aromatic carbocycles. The lowest BCUT2D eigenvalue weighted by Gasteiger charge is -2.19. The van der Waals surface area contributed by atoms with Crippen LogP contribution in [0.25, 0.3) is 11.0 Å². The summed E-state index contributed by atoms with van der Waals surface area (Å²) in [7, 11) is 3.31. The number of benzene rings is 1. The second kappa shape index (κ2) is 8.93.